The highest BCUT2D eigenvalue weighted by molar-refractivity contribution is 6.40. The number of benzene rings is 2. The van der Waals surface area contributed by atoms with E-state index < -0.39 is 11.8 Å². The summed E-state index contributed by atoms with van der Waals surface area (Å²) in [5.74, 6) is -1.55. The molecule has 0 saturated heterocycles. The molecule has 1 N–H and O–H groups in total. The number of carbonyl (C=O) groups excluding carboxylic acids is 2. The van der Waals surface area contributed by atoms with Crippen molar-refractivity contribution in [1.29, 1.82) is 0 Å². The third-order valence-electron chi connectivity index (χ3n) is 3.52. The molecule has 0 atom stereocenters. The molecule has 4 nitrogen and oxygen atoms in total. The molecule has 0 aliphatic carbocycles. The first-order valence-electron chi connectivity index (χ1n) is 7.15. The highest BCUT2D eigenvalue weighted by atomic mass is 16.5. The van der Waals surface area contributed by atoms with Gasteiger partial charge in [-0.1, -0.05) is 60.7 Å². The van der Waals surface area contributed by atoms with Crippen molar-refractivity contribution in [3.05, 3.63) is 89.2 Å². The van der Waals surface area contributed by atoms with Crippen molar-refractivity contribution >= 4 is 17.5 Å². The van der Waals surface area contributed by atoms with Gasteiger partial charge in [0.15, 0.2) is 0 Å². The zero-order valence-corrected chi connectivity index (χ0v) is 12.2. The van der Waals surface area contributed by atoms with E-state index in [2.05, 4.69) is 0 Å². The predicted molar refractivity (Wildman–Crippen MR) is 85.3 cm³/mol. The second kappa shape index (κ2) is 6.32. The maximum Gasteiger partial charge on any atom is 0.384 e. The lowest BCUT2D eigenvalue weighted by Crippen LogP contribution is -2.07. The number of carbonyl (C=O) groups is 2. The molecular formula is C19H14O4. The maximum absolute atomic E-state index is 11.4. The monoisotopic (exact) mass is 306 g/mol. The highest BCUT2D eigenvalue weighted by Crippen LogP contribution is 2.28. The summed E-state index contributed by atoms with van der Waals surface area (Å²) in [5, 5.41) is 10.6. The molecule has 0 amide bonds. The maximum atomic E-state index is 11.4. The topological polar surface area (TPSA) is 63.6 Å². The lowest BCUT2D eigenvalue weighted by molar-refractivity contribution is -0.145. The Labute approximate surface area is 133 Å². The lowest BCUT2D eigenvalue weighted by Gasteiger charge is -2.12. The van der Waals surface area contributed by atoms with E-state index in [-0.39, 0.29) is 11.5 Å². The van der Waals surface area contributed by atoms with Crippen LogP contribution in [0, 0.1) is 0 Å². The number of allylic oxidation sites excluding steroid dienone is 1. The molecule has 2 aromatic carbocycles. The Balaban J connectivity index is 2.05. The van der Waals surface area contributed by atoms with Crippen LogP contribution in [0.25, 0.3) is 5.76 Å². The number of aliphatic hydroxyl groups excluding tert-OH is 1. The van der Waals surface area contributed by atoms with Crippen LogP contribution < -0.4 is 0 Å². The van der Waals surface area contributed by atoms with Gasteiger partial charge in [-0.15, -0.1) is 0 Å². The predicted octanol–water partition coefficient (Wildman–Crippen LogP) is 3.21. The van der Waals surface area contributed by atoms with Crippen molar-refractivity contribution in [3.8, 4) is 0 Å². The van der Waals surface area contributed by atoms with Crippen LogP contribution >= 0.6 is 0 Å². The average Bonchev–Trinajstić information content (AvgIpc) is 2.92. The second-order valence-electron chi connectivity index (χ2n) is 5.12. The van der Waals surface area contributed by atoms with E-state index in [1.165, 1.54) is 0 Å². The number of aliphatic hydroxyl groups is 1. The first-order valence-corrected chi connectivity index (χ1v) is 7.15. The molecule has 0 radical (unpaired) electrons. The first-order chi connectivity index (χ1) is 11.1. The Bertz CT molecular complexity index is 802. The van der Waals surface area contributed by atoms with Gasteiger partial charge < -0.3 is 9.84 Å². The van der Waals surface area contributed by atoms with Crippen molar-refractivity contribution in [3.63, 3.8) is 0 Å². The molecular weight excluding hydrogens is 292 g/mol. The highest BCUT2D eigenvalue weighted by Gasteiger charge is 2.28. The molecule has 114 valence electrons. The molecule has 3 rings (SSSR count). The van der Waals surface area contributed by atoms with Gasteiger partial charge in [-0.25, -0.2) is 4.79 Å². The van der Waals surface area contributed by atoms with Crippen molar-refractivity contribution in [2.45, 2.75) is 6.42 Å². The van der Waals surface area contributed by atoms with Crippen LogP contribution in [0.15, 0.2) is 78.1 Å². The van der Waals surface area contributed by atoms with Gasteiger partial charge in [0.25, 0.3) is 5.78 Å². The van der Waals surface area contributed by atoms with Gasteiger partial charge in [0.1, 0.15) is 11.5 Å². The minimum atomic E-state index is -0.925. The number of ether oxygens (including phenoxy) is 1. The number of rotatable bonds is 4. The fourth-order valence-corrected chi connectivity index (χ4v) is 2.36. The number of esters is 1. The zero-order valence-electron chi connectivity index (χ0n) is 12.2. The molecule has 1 aliphatic heterocycles. The molecule has 1 aliphatic rings. The standard InChI is InChI=1S/C19H14O4/c20-16-12-17(23-19(16)22)15(11-13-7-3-1-4-8-13)18(21)14-9-5-2-6-10-14/h1-10,12,21H,11H2/b18-15-. The molecule has 0 saturated carbocycles. The quantitative estimate of drug-likeness (QED) is 0.535. The Hall–Kier alpha value is -3.14. The third kappa shape index (κ3) is 3.21. The summed E-state index contributed by atoms with van der Waals surface area (Å²) in [6.07, 6.45) is 1.47. The molecule has 0 fully saturated rings. The Morgan fingerprint density at radius 3 is 2.09 bits per heavy atom. The molecule has 0 spiro atoms. The van der Waals surface area contributed by atoms with Crippen molar-refractivity contribution in [1.82, 2.24) is 0 Å². The van der Waals surface area contributed by atoms with Gasteiger partial charge in [0, 0.05) is 23.6 Å². The normalized spacial score (nSPS) is 15.0. The summed E-state index contributed by atoms with van der Waals surface area (Å²) in [7, 11) is 0. The third-order valence-corrected chi connectivity index (χ3v) is 3.52. The fourth-order valence-electron chi connectivity index (χ4n) is 2.36. The number of hydrogen-bond donors (Lipinski definition) is 1. The number of cyclic esters (lactones) is 1. The van der Waals surface area contributed by atoms with Crippen LogP contribution in [-0.2, 0) is 20.7 Å². The van der Waals surface area contributed by atoms with Crippen LogP contribution in [0.4, 0.5) is 0 Å². The molecule has 0 unspecified atom stereocenters. The van der Waals surface area contributed by atoms with Gasteiger partial charge in [-0.2, -0.15) is 0 Å². The van der Waals surface area contributed by atoms with Crippen LogP contribution in [0.1, 0.15) is 11.1 Å². The van der Waals surface area contributed by atoms with Crippen LogP contribution in [0.2, 0.25) is 0 Å². The van der Waals surface area contributed by atoms with Gasteiger partial charge >= 0.3 is 5.97 Å². The molecule has 2 aromatic rings. The van der Waals surface area contributed by atoms with E-state index in [0.717, 1.165) is 11.6 Å². The van der Waals surface area contributed by atoms with Gasteiger partial charge in [0.05, 0.1) is 0 Å². The zero-order chi connectivity index (χ0) is 16.2. The van der Waals surface area contributed by atoms with E-state index in [9.17, 15) is 14.7 Å². The molecule has 0 aromatic heterocycles. The Morgan fingerprint density at radius 1 is 0.913 bits per heavy atom. The van der Waals surface area contributed by atoms with E-state index >= 15 is 0 Å². The largest absolute Gasteiger partial charge is 0.507 e. The lowest BCUT2D eigenvalue weighted by atomic mass is 9.99. The summed E-state index contributed by atoms with van der Waals surface area (Å²) >= 11 is 0. The van der Waals surface area contributed by atoms with Gasteiger partial charge in [-0.3, -0.25) is 4.79 Å². The van der Waals surface area contributed by atoms with Crippen molar-refractivity contribution < 1.29 is 19.4 Å². The molecule has 1 heterocycles. The second-order valence-corrected chi connectivity index (χ2v) is 5.12. The van der Waals surface area contributed by atoms with E-state index in [1.54, 1.807) is 24.3 Å². The minimum absolute atomic E-state index is 0.0109. The minimum Gasteiger partial charge on any atom is -0.507 e. The van der Waals surface area contributed by atoms with E-state index in [4.69, 9.17) is 4.74 Å². The molecule has 0 bridgehead atoms. The number of hydrogen-bond acceptors (Lipinski definition) is 4. The SMILES string of the molecule is O=C1C=C(/C(Cc2ccccc2)=C(\O)c2ccccc2)OC1=O. The smallest absolute Gasteiger partial charge is 0.384 e. The molecule has 4 heteroatoms. The van der Waals surface area contributed by atoms with E-state index in [0.29, 0.717) is 17.6 Å². The summed E-state index contributed by atoms with van der Waals surface area (Å²) < 4.78 is 5.01. The first kappa shape index (κ1) is 14.8. The van der Waals surface area contributed by atoms with Crippen LogP contribution in [-0.4, -0.2) is 16.9 Å². The Morgan fingerprint density at radius 2 is 1.52 bits per heavy atom. The summed E-state index contributed by atoms with van der Waals surface area (Å²) in [6, 6.07) is 18.4. The average molecular weight is 306 g/mol. The summed E-state index contributed by atoms with van der Waals surface area (Å²) in [4.78, 5) is 22.8. The fraction of sp³-hybridized carbons (Fsp3) is 0.0526. The van der Waals surface area contributed by atoms with E-state index in [1.807, 2.05) is 36.4 Å². The van der Waals surface area contributed by atoms with Gasteiger partial charge in [-0.05, 0) is 5.56 Å². The van der Waals surface area contributed by atoms with Crippen molar-refractivity contribution in [2.75, 3.05) is 0 Å². The van der Waals surface area contributed by atoms with Crippen LogP contribution in [0.3, 0.4) is 0 Å². The summed E-state index contributed by atoms with van der Waals surface area (Å²) in [6.45, 7) is 0. The Kier molecular flexibility index (Phi) is 4.06. The van der Waals surface area contributed by atoms with Gasteiger partial charge in [0.2, 0.25) is 0 Å². The summed E-state index contributed by atoms with van der Waals surface area (Å²) in [5.41, 5.74) is 1.93. The number of ketones is 1. The van der Waals surface area contributed by atoms with Crippen LogP contribution in [0.5, 0.6) is 0 Å². The molecule has 23 heavy (non-hydrogen) atoms. The van der Waals surface area contributed by atoms with Crippen molar-refractivity contribution in [2.24, 2.45) is 0 Å².